The second kappa shape index (κ2) is 13.0. The molecule has 0 aromatic carbocycles. The van der Waals surface area contributed by atoms with Gasteiger partial charge in [0.2, 0.25) is 0 Å². The van der Waals surface area contributed by atoms with E-state index in [9.17, 15) is 0 Å². The van der Waals surface area contributed by atoms with Crippen molar-refractivity contribution in [2.45, 2.75) is 0 Å². The molecule has 0 fully saturated rings. The Bertz CT molecular complexity index is 10.8. The van der Waals surface area contributed by atoms with Crippen molar-refractivity contribution in [2.75, 3.05) is 0 Å². The standard InChI is InChI=1S/Ni.O3/c;1-3-2. The van der Waals surface area contributed by atoms with E-state index in [1.54, 1.807) is 4.75 Å². The van der Waals surface area contributed by atoms with Gasteiger partial charge in [-0.15, -0.1) is 0 Å². The Morgan fingerprint density at radius 1 is 1.75 bits per heavy atom. The Labute approximate surface area is 32.4 Å². The molecule has 0 saturated carbocycles. The van der Waals surface area contributed by atoms with Gasteiger partial charge in [-0.05, 0) is 0 Å². The Balaban J connectivity index is 0. The Hall–Kier alpha value is -0.106. The summed E-state index contributed by atoms with van der Waals surface area (Å²) < 4.78 is 1.75. The van der Waals surface area contributed by atoms with Crippen LogP contribution in [0.1, 0.15) is 0 Å². The second-order valence-corrected chi connectivity index (χ2v) is 0.0680. The van der Waals surface area contributed by atoms with E-state index >= 15 is 0 Å². The topological polar surface area (TPSA) is 51.4 Å². The molecule has 0 N–H and O–H groups in total. The van der Waals surface area contributed by atoms with Crippen molar-refractivity contribution >= 4 is 0 Å². The molecule has 0 unspecified atom stereocenters. The number of hydrogen-bond donors (Lipinski definition) is 0. The summed E-state index contributed by atoms with van der Waals surface area (Å²) in [6.45, 7) is 0. The van der Waals surface area contributed by atoms with E-state index in [0.29, 0.717) is 0 Å². The first-order valence-electron chi connectivity index (χ1n) is 0.333. The van der Waals surface area contributed by atoms with E-state index in [-0.39, 0.29) is 16.5 Å². The fourth-order valence-corrected chi connectivity index (χ4v) is 0. The minimum atomic E-state index is 0. The number of rotatable bonds is 0. The van der Waals surface area contributed by atoms with E-state index in [4.69, 9.17) is 10.2 Å². The van der Waals surface area contributed by atoms with Gasteiger partial charge in [-0.25, -0.2) is 0 Å². The molecular weight excluding hydrogens is 107 g/mol. The minimum Gasteiger partial charge on any atom is -0.0772 e. The van der Waals surface area contributed by atoms with Crippen molar-refractivity contribution in [3.05, 3.63) is 9.71 Å². The van der Waals surface area contributed by atoms with Crippen LogP contribution in [0, 0.1) is 9.71 Å². The summed E-state index contributed by atoms with van der Waals surface area (Å²) in [7, 11) is 0. The van der Waals surface area contributed by atoms with Crippen LogP contribution in [0.4, 0.5) is 0 Å². The zero-order chi connectivity index (χ0) is 2.71. The molecule has 0 amide bonds. The first kappa shape index (κ1) is 9.09. The molecule has 3 nitrogen and oxygen atoms in total. The maximum Gasteiger partial charge on any atom is 0.154 e. The summed E-state index contributed by atoms with van der Waals surface area (Å²) in [5, 5.41) is 7.88. The number of hydrogen-bond acceptors (Lipinski definition) is 2. The van der Waals surface area contributed by atoms with Crippen LogP contribution in [0.15, 0.2) is 0 Å². The molecule has 4 heavy (non-hydrogen) atoms. The van der Waals surface area contributed by atoms with E-state index < -0.39 is 0 Å². The third kappa shape index (κ3) is 133. The van der Waals surface area contributed by atoms with Crippen LogP contribution in [-0.4, -0.2) is 0 Å². The van der Waals surface area contributed by atoms with Gasteiger partial charge in [0.05, 0.1) is 0 Å². The minimum absolute atomic E-state index is 0. The van der Waals surface area contributed by atoms with Crippen molar-refractivity contribution in [2.24, 2.45) is 0 Å². The van der Waals surface area contributed by atoms with Gasteiger partial charge in [0.15, 0.2) is 4.75 Å². The fourth-order valence-electron chi connectivity index (χ4n) is 0. The quantitative estimate of drug-likeness (QED) is 0.170. The SMILES string of the molecule is O=[O+][O-].[Ni]. The summed E-state index contributed by atoms with van der Waals surface area (Å²) in [5.74, 6) is 0. The summed E-state index contributed by atoms with van der Waals surface area (Å²) in [4.78, 5) is 7.88. The van der Waals surface area contributed by atoms with Crippen LogP contribution in [0.5, 0.6) is 0 Å². The molecular formula is NiO3. The molecule has 0 aliphatic rings. The second-order valence-electron chi connectivity index (χ2n) is 0.0680. The molecule has 0 saturated heterocycles. The van der Waals surface area contributed by atoms with Crippen molar-refractivity contribution in [1.29, 1.82) is 0 Å². The average molecular weight is 107 g/mol. The molecule has 0 aliphatic carbocycles. The molecule has 0 atom stereocenters. The van der Waals surface area contributed by atoms with E-state index in [1.807, 2.05) is 0 Å². The van der Waals surface area contributed by atoms with Gasteiger partial charge in [-0.1, -0.05) is 10.2 Å². The van der Waals surface area contributed by atoms with Crippen LogP contribution in [0.2, 0.25) is 0 Å². The van der Waals surface area contributed by atoms with Gasteiger partial charge in [-0.3, -0.25) is 0 Å². The molecule has 0 spiro atoms. The Morgan fingerprint density at radius 3 is 1.75 bits per heavy atom. The molecule has 0 radical (unpaired) electrons. The van der Waals surface area contributed by atoms with Gasteiger partial charge in [-0.2, -0.15) is 0 Å². The molecule has 0 rings (SSSR count). The Kier molecular flexibility index (Phi) is 29.5. The molecule has 0 heterocycles. The van der Waals surface area contributed by atoms with Crippen molar-refractivity contribution in [3.8, 4) is 0 Å². The van der Waals surface area contributed by atoms with Gasteiger partial charge >= 0.3 is 0 Å². The molecule has 0 aliphatic heterocycles. The smallest absolute Gasteiger partial charge is 0.0772 e. The predicted molar refractivity (Wildman–Crippen MR) is 6.73 cm³/mol. The van der Waals surface area contributed by atoms with E-state index in [2.05, 4.69) is 0 Å². The van der Waals surface area contributed by atoms with Gasteiger partial charge < -0.3 is 0 Å². The monoisotopic (exact) mass is 106 g/mol. The van der Waals surface area contributed by atoms with Gasteiger partial charge in [0, 0.05) is 16.5 Å². The van der Waals surface area contributed by atoms with Crippen molar-refractivity contribution in [3.63, 3.8) is 0 Å². The molecule has 28 valence electrons. The Morgan fingerprint density at radius 2 is 1.75 bits per heavy atom. The van der Waals surface area contributed by atoms with E-state index in [0.717, 1.165) is 0 Å². The normalized spacial score (nSPS) is 3.00. The maximum atomic E-state index is 7.88. The molecule has 0 bridgehead atoms. The third-order valence-corrected chi connectivity index (χ3v) is 0. The van der Waals surface area contributed by atoms with Gasteiger partial charge in [0.25, 0.3) is 0 Å². The maximum absolute atomic E-state index is 7.88. The van der Waals surface area contributed by atoms with Gasteiger partial charge in [0.1, 0.15) is 0 Å². The first-order chi connectivity index (χ1) is 1.41. The summed E-state index contributed by atoms with van der Waals surface area (Å²) in [5.41, 5.74) is 0. The summed E-state index contributed by atoms with van der Waals surface area (Å²) >= 11 is 0. The van der Waals surface area contributed by atoms with E-state index in [1.165, 1.54) is 0 Å². The molecule has 0 aromatic rings. The zero-order valence-electron chi connectivity index (χ0n) is 1.54. The largest absolute Gasteiger partial charge is 0.154 e. The average Bonchev–Trinajstić information content (AvgIpc) is 0.918. The predicted octanol–water partition coefficient (Wildman–Crippen LogP) is -1.12. The molecule has 0 aromatic heterocycles. The fraction of sp³-hybridized carbons (Fsp3) is 0. The summed E-state index contributed by atoms with van der Waals surface area (Å²) in [6, 6.07) is 0. The molecule has 4 heteroatoms. The first-order valence-corrected chi connectivity index (χ1v) is 0.333. The third-order valence-electron chi connectivity index (χ3n) is 0. The van der Waals surface area contributed by atoms with Crippen LogP contribution in [0.3, 0.4) is 0 Å². The van der Waals surface area contributed by atoms with Crippen molar-refractivity contribution < 1.29 is 21.7 Å². The summed E-state index contributed by atoms with van der Waals surface area (Å²) in [6.07, 6.45) is 0. The van der Waals surface area contributed by atoms with Crippen LogP contribution < -0.4 is 5.26 Å². The van der Waals surface area contributed by atoms with Crippen LogP contribution >= 0.6 is 0 Å². The van der Waals surface area contributed by atoms with Crippen molar-refractivity contribution in [1.82, 2.24) is 0 Å². The van der Waals surface area contributed by atoms with Crippen LogP contribution in [-0.2, 0) is 16.5 Å². The zero-order valence-corrected chi connectivity index (χ0v) is 2.53. The van der Waals surface area contributed by atoms with Crippen LogP contribution in [0.25, 0.3) is 0 Å².